The Morgan fingerprint density at radius 1 is 0.903 bits per heavy atom. The van der Waals surface area contributed by atoms with Crippen LogP contribution in [0, 0.1) is 0 Å². The van der Waals surface area contributed by atoms with Gasteiger partial charge in [-0.05, 0) is 53.4 Å². The van der Waals surface area contributed by atoms with Gasteiger partial charge in [-0.25, -0.2) is 0 Å². The summed E-state index contributed by atoms with van der Waals surface area (Å²) in [7, 11) is 4.55. The monoisotopic (exact) mass is 435 g/mol. The molecular weight excluding hydrogens is 414 g/mol. The van der Waals surface area contributed by atoms with Crippen molar-refractivity contribution in [1.29, 1.82) is 0 Å². The molecule has 4 rings (SSSR count). The van der Waals surface area contributed by atoms with Crippen LogP contribution in [0.4, 0.5) is 0 Å². The van der Waals surface area contributed by atoms with Crippen LogP contribution in [-0.4, -0.2) is 36.8 Å². The van der Waals surface area contributed by atoms with Crippen LogP contribution >= 0.6 is 11.3 Å². The molecule has 2 aromatic carbocycles. The summed E-state index contributed by atoms with van der Waals surface area (Å²) in [6.07, 6.45) is 1.89. The SMILES string of the molecule is COc1cc(C(=O)c2cc(-c3cccc(O)c3)cn2-c2cccs2)cc(OC)c1OC. The number of carbonyl (C=O) groups is 1. The predicted molar refractivity (Wildman–Crippen MR) is 120 cm³/mol. The highest BCUT2D eigenvalue weighted by molar-refractivity contribution is 7.12. The van der Waals surface area contributed by atoms with Crippen molar-refractivity contribution >= 4 is 17.1 Å². The van der Waals surface area contributed by atoms with Crippen molar-refractivity contribution in [2.24, 2.45) is 0 Å². The van der Waals surface area contributed by atoms with Gasteiger partial charge >= 0.3 is 0 Å². The quantitative estimate of drug-likeness (QED) is 0.406. The van der Waals surface area contributed by atoms with Gasteiger partial charge in [-0.3, -0.25) is 4.79 Å². The lowest BCUT2D eigenvalue weighted by molar-refractivity contribution is 0.103. The second-order valence-electron chi connectivity index (χ2n) is 6.73. The standard InChI is InChI=1S/C24H21NO5S/c1-28-20-12-16(13-21(29-2)24(20)30-3)23(27)19-11-17(15-6-4-7-18(26)10-15)14-25(19)22-8-5-9-31-22/h4-14,26H,1-3H3. The van der Waals surface area contributed by atoms with Crippen LogP contribution < -0.4 is 14.2 Å². The van der Waals surface area contributed by atoms with E-state index in [1.54, 1.807) is 30.3 Å². The van der Waals surface area contributed by atoms with Crippen LogP contribution in [0.5, 0.6) is 23.0 Å². The van der Waals surface area contributed by atoms with Crippen molar-refractivity contribution in [3.63, 3.8) is 0 Å². The fourth-order valence-corrected chi connectivity index (χ4v) is 4.15. The molecule has 0 aliphatic heterocycles. The molecule has 6 nitrogen and oxygen atoms in total. The van der Waals surface area contributed by atoms with Gasteiger partial charge in [0, 0.05) is 17.3 Å². The largest absolute Gasteiger partial charge is 0.508 e. The third-order valence-corrected chi connectivity index (χ3v) is 5.77. The zero-order valence-corrected chi connectivity index (χ0v) is 18.1. The van der Waals surface area contributed by atoms with Gasteiger partial charge in [0.1, 0.15) is 5.75 Å². The van der Waals surface area contributed by atoms with E-state index in [0.717, 1.165) is 16.1 Å². The zero-order chi connectivity index (χ0) is 22.0. The van der Waals surface area contributed by atoms with Crippen molar-refractivity contribution in [1.82, 2.24) is 4.57 Å². The summed E-state index contributed by atoms with van der Waals surface area (Å²) in [5, 5.41) is 12.7. The van der Waals surface area contributed by atoms with Gasteiger partial charge in [-0.15, -0.1) is 11.3 Å². The molecule has 0 fully saturated rings. The van der Waals surface area contributed by atoms with E-state index in [0.29, 0.717) is 28.5 Å². The first-order valence-electron chi connectivity index (χ1n) is 9.46. The van der Waals surface area contributed by atoms with Gasteiger partial charge in [0.2, 0.25) is 11.5 Å². The van der Waals surface area contributed by atoms with E-state index in [-0.39, 0.29) is 11.5 Å². The van der Waals surface area contributed by atoms with E-state index in [9.17, 15) is 9.90 Å². The molecule has 0 radical (unpaired) electrons. The maximum absolute atomic E-state index is 13.6. The highest BCUT2D eigenvalue weighted by Gasteiger charge is 2.22. The van der Waals surface area contributed by atoms with E-state index in [1.807, 2.05) is 40.4 Å². The number of hydrogen-bond donors (Lipinski definition) is 1. The first-order chi connectivity index (χ1) is 15.0. The average Bonchev–Trinajstić information content (AvgIpc) is 3.47. The smallest absolute Gasteiger partial charge is 0.210 e. The lowest BCUT2D eigenvalue weighted by Crippen LogP contribution is -2.08. The van der Waals surface area contributed by atoms with E-state index in [2.05, 4.69) is 0 Å². The second-order valence-corrected chi connectivity index (χ2v) is 7.65. The molecule has 0 spiro atoms. The number of methoxy groups -OCH3 is 3. The first-order valence-corrected chi connectivity index (χ1v) is 10.3. The van der Waals surface area contributed by atoms with Crippen molar-refractivity contribution in [3.8, 4) is 39.1 Å². The number of aromatic hydroxyl groups is 1. The molecule has 0 amide bonds. The summed E-state index contributed by atoms with van der Waals surface area (Å²) in [4.78, 5) is 13.6. The fraction of sp³-hybridized carbons (Fsp3) is 0.125. The van der Waals surface area contributed by atoms with Gasteiger partial charge < -0.3 is 23.9 Å². The zero-order valence-electron chi connectivity index (χ0n) is 17.3. The van der Waals surface area contributed by atoms with Crippen molar-refractivity contribution < 1.29 is 24.1 Å². The summed E-state index contributed by atoms with van der Waals surface area (Å²) in [6, 6.07) is 15.9. The number of ether oxygens (including phenoxy) is 3. The Morgan fingerprint density at radius 2 is 1.65 bits per heavy atom. The molecule has 0 bridgehead atoms. The second kappa shape index (κ2) is 8.57. The Bertz CT molecular complexity index is 1200. The minimum absolute atomic E-state index is 0.166. The van der Waals surface area contributed by atoms with E-state index >= 15 is 0 Å². The molecular formula is C24H21NO5S. The van der Waals surface area contributed by atoms with Gasteiger partial charge in [0.25, 0.3) is 0 Å². The summed E-state index contributed by atoms with van der Waals surface area (Å²) < 4.78 is 18.0. The molecule has 4 aromatic rings. The lowest BCUT2D eigenvalue weighted by atomic mass is 10.0. The van der Waals surface area contributed by atoms with Crippen LogP contribution in [0.25, 0.3) is 16.1 Å². The molecule has 0 aliphatic carbocycles. The van der Waals surface area contributed by atoms with Crippen LogP contribution in [0.1, 0.15) is 16.1 Å². The molecule has 31 heavy (non-hydrogen) atoms. The number of hydrogen-bond acceptors (Lipinski definition) is 6. The number of benzene rings is 2. The lowest BCUT2D eigenvalue weighted by Gasteiger charge is -2.14. The molecule has 158 valence electrons. The summed E-state index contributed by atoms with van der Waals surface area (Å²) >= 11 is 1.53. The van der Waals surface area contributed by atoms with Crippen LogP contribution in [0.2, 0.25) is 0 Å². The Labute approximate surface area is 183 Å². The van der Waals surface area contributed by atoms with Crippen molar-refractivity contribution in [2.75, 3.05) is 21.3 Å². The molecule has 1 N–H and O–H groups in total. The summed E-state index contributed by atoms with van der Waals surface area (Å²) in [5.74, 6) is 1.22. The maximum atomic E-state index is 13.6. The van der Waals surface area contributed by atoms with Crippen molar-refractivity contribution in [2.45, 2.75) is 0 Å². The normalized spacial score (nSPS) is 10.7. The Balaban J connectivity index is 1.86. The number of thiophene rings is 1. The Morgan fingerprint density at radius 3 is 2.23 bits per heavy atom. The number of ketones is 1. The number of phenolic OH excluding ortho intramolecular Hbond substituents is 1. The predicted octanol–water partition coefficient (Wildman–Crippen LogP) is 5.17. The van der Waals surface area contributed by atoms with Gasteiger partial charge in [-0.2, -0.15) is 0 Å². The van der Waals surface area contributed by atoms with Gasteiger partial charge in [-0.1, -0.05) is 12.1 Å². The van der Waals surface area contributed by atoms with E-state index < -0.39 is 0 Å². The van der Waals surface area contributed by atoms with Crippen LogP contribution in [0.3, 0.4) is 0 Å². The van der Waals surface area contributed by atoms with Gasteiger partial charge in [0.15, 0.2) is 11.5 Å². The fourth-order valence-electron chi connectivity index (χ4n) is 3.43. The van der Waals surface area contributed by atoms with Gasteiger partial charge in [0.05, 0.1) is 32.0 Å². The van der Waals surface area contributed by atoms with E-state index in [4.69, 9.17) is 14.2 Å². The number of rotatable bonds is 7. The molecule has 2 aromatic heterocycles. The molecule has 2 heterocycles. The average molecular weight is 436 g/mol. The van der Waals surface area contributed by atoms with Crippen molar-refractivity contribution in [3.05, 3.63) is 77.4 Å². The summed E-state index contributed by atoms with van der Waals surface area (Å²) in [5.41, 5.74) is 2.53. The third kappa shape index (κ3) is 3.87. The van der Waals surface area contributed by atoms with Crippen LogP contribution in [-0.2, 0) is 0 Å². The number of phenols is 1. The third-order valence-electron chi connectivity index (χ3n) is 4.90. The first kappa shape index (κ1) is 20.6. The topological polar surface area (TPSA) is 69.9 Å². The Hall–Kier alpha value is -3.71. The maximum Gasteiger partial charge on any atom is 0.210 e. The number of aromatic nitrogens is 1. The van der Waals surface area contributed by atoms with Crippen LogP contribution in [0.15, 0.2) is 66.2 Å². The highest BCUT2D eigenvalue weighted by atomic mass is 32.1. The molecule has 0 saturated heterocycles. The highest BCUT2D eigenvalue weighted by Crippen LogP contribution is 2.39. The summed E-state index contributed by atoms with van der Waals surface area (Å²) in [6.45, 7) is 0. The molecule has 0 atom stereocenters. The minimum Gasteiger partial charge on any atom is -0.508 e. The number of nitrogens with zero attached hydrogens (tertiary/aromatic N) is 1. The molecule has 0 unspecified atom stereocenters. The molecule has 7 heteroatoms. The molecule has 0 aliphatic rings. The minimum atomic E-state index is -0.195. The number of carbonyl (C=O) groups excluding carboxylic acids is 1. The Kier molecular flexibility index (Phi) is 5.68. The molecule has 0 saturated carbocycles. The van der Waals surface area contributed by atoms with E-state index in [1.165, 1.54) is 32.7 Å².